The SMILES string of the molecule is CCCCN1CCC(Oc2cc(N3CCc4cc(S(=O)(=O)CCO)ccc43)ncn2)CC1.CCN([SH2+])CC.O=S(=O)([O-])C(F)(F)F. The predicted molar refractivity (Wildman–Crippen MR) is 172 cm³/mol. The number of sulfone groups is 1. The third-order valence-electron chi connectivity index (χ3n) is 7.27. The topological polar surface area (TPSA) is 156 Å². The molecule has 1 aromatic heterocycles. The van der Waals surface area contributed by atoms with Crippen molar-refractivity contribution in [1.82, 2.24) is 19.2 Å². The molecule has 0 unspecified atom stereocenters. The maximum Gasteiger partial charge on any atom is 0.485 e. The summed E-state index contributed by atoms with van der Waals surface area (Å²) in [6, 6.07) is 7.01. The fraction of sp³-hybridized carbons (Fsp3) is 0.643. The highest BCUT2D eigenvalue weighted by Crippen LogP contribution is 2.36. The van der Waals surface area contributed by atoms with E-state index in [1.807, 2.05) is 12.1 Å². The molecule has 18 heteroatoms. The summed E-state index contributed by atoms with van der Waals surface area (Å²) in [6.45, 7) is 12.2. The Kier molecular flexibility index (Phi) is 15.9. The summed E-state index contributed by atoms with van der Waals surface area (Å²) >= 11 is 3.35. The van der Waals surface area contributed by atoms with Crippen LogP contribution >= 0.6 is 0 Å². The van der Waals surface area contributed by atoms with Crippen molar-refractivity contribution >= 4 is 44.3 Å². The number of hydrogen-bond donors (Lipinski definition) is 1. The number of aliphatic hydroxyl groups is 1. The van der Waals surface area contributed by atoms with Crippen LogP contribution in [0.25, 0.3) is 0 Å². The number of fused-ring (bicyclic) bond motifs is 1. The first-order chi connectivity index (χ1) is 21.6. The van der Waals surface area contributed by atoms with Gasteiger partial charge in [0.2, 0.25) is 5.88 Å². The lowest BCUT2D eigenvalue weighted by atomic mass is 10.1. The predicted octanol–water partition coefficient (Wildman–Crippen LogP) is 2.89. The zero-order valence-corrected chi connectivity index (χ0v) is 28.9. The summed E-state index contributed by atoms with van der Waals surface area (Å²) in [4.78, 5) is 13.6. The second-order valence-corrected chi connectivity index (χ2v) is 14.6. The number of anilines is 2. The lowest BCUT2D eigenvalue weighted by Crippen LogP contribution is -2.38. The van der Waals surface area contributed by atoms with Gasteiger partial charge in [0.15, 0.2) is 20.0 Å². The highest BCUT2D eigenvalue weighted by Gasteiger charge is 2.37. The van der Waals surface area contributed by atoms with E-state index in [4.69, 9.17) is 22.8 Å². The summed E-state index contributed by atoms with van der Waals surface area (Å²) in [7, 11) is -9.55. The minimum atomic E-state index is -6.09. The van der Waals surface area contributed by atoms with Gasteiger partial charge in [0, 0.05) is 57.3 Å². The Labute approximate surface area is 275 Å². The van der Waals surface area contributed by atoms with E-state index in [1.54, 1.807) is 12.1 Å². The standard InChI is InChI=1S/C23H32N4O4S.C4H11NS.CHF3O3S/c1-2-3-9-26-10-7-19(8-11-26)31-23-16-22(24-17-25-23)27-12-6-18-15-20(4-5-21(18)27)32(29,30)14-13-28;1-3-5(6)4-2;2-1(3,4)8(5,6)7/h4-5,15-17,19,28H,2-3,6-14H2,1H3;6H,3-4H2,1-2H3;(H,5,6,7). The number of likely N-dealkylation sites (tertiary alicyclic amines) is 1. The Balaban J connectivity index is 0.000000440. The minimum Gasteiger partial charge on any atom is -0.741 e. The lowest BCUT2D eigenvalue weighted by molar-refractivity contribution is -0.0517. The Morgan fingerprint density at radius 2 is 1.70 bits per heavy atom. The summed E-state index contributed by atoms with van der Waals surface area (Å²) < 4.78 is 91.7. The van der Waals surface area contributed by atoms with Crippen LogP contribution in [-0.2, 0) is 39.2 Å². The number of aliphatic hydroxyl groups excluding tert-OH is 1. The number of hydrogen-bond acceptors (Lipinski definition) is 12. The first kappa shape index (κ1) is 40.0. The highest BCUT2D eigenvalue weighted by atomic mass is 32.2. The van der Waals surface area contributed by atoms with E-state index in [0.29, 0.717) is 12.4 Å². The Bertz CT molecular complexity index is 1440. The van der Waals surface area contributed by atoms with Gasteiger partial charge in [-0.1, -0.05) is 13.3 Å². The molecule has 3 heterocycles. The van der Waals surface area contributed by atoms with Gasteiger partial charge in [0.05, 0.1) is 17.3 Å². The van der Waals surface area contributed by atoms with Crippen LogP contribution in [-0.4, -0.2) is 109 Å². The number of ether oxygens (including phenoxy) is 1. The van der Waals surface area contributed by atoms with Crippen molar-refractivity contribution in [3.05, 3.63) is 36.2 Å². The van der Waals surface area contributed by atoms with E-state index in [0.717, 1.165) is 69.1 Å². The van der Waals surface area contributed by atoms with E-state index in [1.165, 1.54) is 19.2 Å². The fourth-order valence-corrected chi connectivity index (χ4v) is 5.69. The number of piperidine rings is 1. The van der Waals surface area contributed by atoms with Crippen LogP contribution < -0.4 is 9.64 Å². The molecule has 1 aromatic carbocycles. The Morgan fingerprint density at radius 1 is 1.07 bits per heavy atom. The lowest BCUT2D eigenvalue weighted by Gasteiger charge is -2.31. The molecule has 0 atom stereocenters. The number of nitrogens with zero attached hydrogens (tertiary/aromatic N) is 5. The molecule has 0 bridgehead atoms. The van der Waals surface area contributed by atoms with Crippen LogP contribution in [0.15, 0.2) is 35.5 Å². The average molecular weight is 716 g/mol. The molecule has 2 aliphatic rings. The Hall–Kier alpha value is -2.22. The summed E-state index contributed by atoms with van der Waals surface area (Å²) in [5.41, 5.74) is -3.74. The molecule has 0 saturated carbocycles. The van der Waals surface area contributed by atoms with E-state index in [9.17, 15) is 21.6 Å². The van der Waals surface area contributed by atoms with Crippen molar-refractivity contribution in [1.29, 1.82) is 0 Å². The molecular formula is C28H44F3N5O7S3. The summed E-state index contributed by atoms with van der Waals surface area (Å²) in [6.07, 6.45) is 6.89. The van der Waals surface area contributed by atoms with E-state index in [2.05, 4.69) is 57.7 Å². The minimum absolute atomic E-state index is 0.167. The molecular weight excluding hydrogens is 672 g/mol. The van der Waals surface area contributed by atoms with Crippen molar-refractivity contribution in [2.45, 2.75) is 69.4 Å². The molecule has 1 N–H and O–H groups in total. The molecule has 0 radical (unpaired) electrons. The Morgan fingerprint density at radius 3 is 2.22 bits per heavy atom. The first-order valence-electron chi connectivity index (χ1n) is 15.0. The van der Waals surface area contributed by atoms with Crippen LogP contribution in [0.2, 0.25) is 0 Å². The normalized spacial score (nSPS) is 15.9. The van der Waals surface area contributed by atoms with Gasteiger partial charge in [-0.3, -0.25) is 0 Å². The molecule has 2 aromatic rings. The van der Waals surface area contributed by atoms with E-state index >= 15 is 0 Å². The second kappa shape index (κ2) is 18.4. The van der Waals surface area contributed by atoms with Crippen LogP contribution in [0.3, 0.4) is 0 Å². The quantitative estimate of drug-likeness (QED) is 0.207. The molecule has 2 aliphatic heterocycles. The molecule has 0 spiro atoms. The second-order valence-electron chi connectivity index (χ2n) is 10.5. The maximum absolute atomic E-state index is 12.3. The molecule has 262 valence electrons. The summed E-state index contributed by atoms with van der Waals surface area (Å²) in [5, 5.41) is 9.02. The van der Waals surface area contributed by atoms with Crippen molar-refractivity contribution < 1.29 is 44.4 Å². The van der Waals surface area contributed by atoms with Gasteiger partial charge in [-0.15, -0.1) is 4.31 Å². The number of halogens is 3. The molecule has 0 amide bonds. The van der Waals surface area contributed by atoms with Gasteiger partial charge < -0.3 is 24.2 Å². The first-order valence-corrected chi connectivity index (χ1v) is 18.5. The number of aromatic nitrogens is 2. The van der Waals surface area contributed by atoms with Crippen LogP contribution in [0.4, 0.5) is 24.7 Å². The van der Waals surface area contributed by atoms with Gasteiger partial charge in [-0.25, -0.2) is 26.8 Å². The molecule has 12 nitrogen and oxygen atoms in total. The highest BCUT2D eigenvalue weighted by molar-refractivity contribution is 7.91. The third-order valence-corrected chi connectivity index (χ3v) is 10.2. The monoisotopic (exact) mass is 715 g/mol. The van der Waals surface area contributed by atoms with Gasteiger partial charge in [-0.05, 0) is 69.8 Å². The van der Waals surface area contributed by atoms with Crippen molar-refractivity contribution in [3.8, 4) is 5.88 Å². The van der Waals surface area contributed by atoms with Crippen molar-refractivity contribution in [2.75, 3.05) is 56.5 Å². The maximum atomic E-state index is 12.3. The van der Waals surface area contributed by atoms with Crippen LogP contribution in [0.5, 0.6) is 5.88 Å². The van der Waals surface area contributed by atoms with E-state index in [-0.39, 0.29) is 23.4 Å². The van der Waals surface area contributed by atoms with E-state index < -0.39 is 25.5 Å². The van der Waals surface area contributed by atoms with Crippen molar-refractivity contribution in [2.24, 2.45) is 0 Å². The smallest absolute Gasteiger partial charge is 0.485 e. The fourth-order valence-electron chi connectivity index (χ4n) is 4.62. The molecule has 1 saturated heterocycles. The zero-order valence-electron chi connectivity index (χ0n) is 26.2. The molecule has 1 fully saturated rings. The van der Waals surface area contributed by atoms with Crippen molar-refractivity contribution in [3.63, 3.8) is 0 Å². The average Bonchev–Trinajstić information content (AvgIpc) is 3.44. The molecule has 46 heavy (non-hydrogen) atoms. The van der Waals surface area contributed by atoms with Crippen LogP contribution in [0, 0.1) is 0 Å². The molecule has 4 rings (SSSR count). The number of benzene rings is 1. The summed E-state index contributed by atoms with van der Waals surface area (Å²) in [5.74, 6) is 1.07. The van der Waals surface area contributed by atoms with Crippen LogP contribution in [0.1, 0.15) is 52.0 Å². The number of alkyl halides is 3. The zero-order chi connectivity index (χ0) is 34.5. The number of unbranched alkanes of at least 4 members (excludes halogenated alkanes) is 1. The largest absolute Gasteiger partial charge is 0.741 e. The van der Waals surface area contributed by atoms with Gasteiger partial charge in [-0.2, -0.15) is 13.2 Å². The van der Waals surface area contributed by atoms with Gasteiger partial charge in [0.1, 0.15) is 18.2 Å². The molecule has 0 aliphatic carbocycles. The third kappa shape index (κ3) is 12.4. The number of rotatable bonds is 11. The van der Waals surface area contributed by atoms with Gasteiger partial charge in [0.25, 0.3) is 0 Å². The van der Waals surface area contributed by atoms with Gasteiger partial charge >= 0.3 is 5.51 Å².